The van der Waals surface area contributed by atoms with Crippen LogP contribution in [0.3, 0.4) is 0 Å². The van der Waals surface area contributed by atoms with Gasteiger partial charge < -0.3 is 5.32 Å². The van der Waals surface area contributed by atoms with Crippen LogP contribution in [0.5, 0.6) is 0 Å². The number of carbonyl (C=O) groups is 1. The zero-order chi connectivity index (χ0) is 18.5. The topological polar surface area (TPSA) is 59.3 Å². The van der Waals surface area contributed by atoms with Crippen molar-refractivity contribution in [2.45, 2.75) is 32.6 Å². The van der Waals surface area contributed by atoms with Gasteiger partial charge in [-0.25, -0.2) is 13.9 Å². The molecule has 2 aromatic heterocycles. The Hall–Kier alpha value is -2.47. The summed E-state index contributed by atoms with van der Waals surface area (Å²) in [6, 6.07) is 6.46. The lowest BCUT2D eigenvalue weighted by Gasteiger charge is -2.06. The first kappa shape index (κ1) is 18.3. The zero-order valence-electron chi connectivity index (χ0n) is 14.5. The van der Waals surface area contributed by atoms with Gasteiger partial charge in [-0.2, -0.15) is 5.10 Å². The highest BCUT2D eigenvalue weighted by atomic mass is 35.5. The van der Waals surface area contributed by atoms with E-state index in [4.69, 9.17) is 11.6 Å². The van der Waals surface area contributed by atoms with Crippen molar-refractivity contribution < 1.29 is 9.18 Å². The Kier molecular flexibility index (Phi) is 5.83. The number of halogens is 2. The van der Waals surface area contributed by atoms with Gasteiger partial charge in [-0.1, -0.05) is 17.7 Å². The summed E-state index contributed by atoms with van der Waals surface area (Å²) in [7, 11) is 0. The highest BCUT2D eigenvalue weighted by Gasteiger charge is 2.05. The van der Waals surface area contributed by atoms with Crippen molar-refractivity contribution in [2.24, 2.45) is 0 Å². The molecule has 3 rings (SSSR count). The summed E-state index contributed by atoms with van der Waals surface area (Å²) in [5, 5.41) is 7.33. The fourth-order valence-corrected chi connectivity index (χ4v) is 2.93. The largest absolute Gasteiger partial charge is 0.356 e. The molecule has 0 aliphatic rings. The Morgan fingerprint density at radius 1 is 1.27 bits per heavy atom. The Morgan fingerprint density at radius 2 is 2.12 bits per heavy atom. The van der Waals surface area contributed by atoms with Crippen molar-refractivity contribution in [2.75, 3.05) is 6.54 Å². The Labute approximate surface area is 156 Å². The van der Waals surface area contributed by atoms with E-state index in [1.54, 1.807) is 16.6 Å². The van der Waals surface area contributed by atoms with E-state index in [1.165, 1.54) is 6.07 Å². The normalized spacial score (nSPS) is 11.0. The number of aryl methyl sites for hydroxylation is 3. The van der Waals surface area contributed by atoms with E-state index in [-0.39, 0.29) is 10.9 Å². The molecule has 3 aromatic rings. The van der Waals surface area contributed by atoms with Gasteiger partial charge >= 0.3 is 0 Å². The van der Waals surface area contributed by atoms with Gasteiger partial charge in [0.2, 0.25) is 5.91 Å². The summed E-state index contributed by atoms with van der Waals surface area (Å²) >= 11 is 5.74. The Balaban J connectivity index is 1.39. The first-order valence-corrected chi connectivity index (χ1v) is 8.90. The molecule has 0 saturated heterocycles. The molecular formula is C19H20ClFN4O. The number of benzene rings is 1. The van der Waals surface area contributed by atoms with Gasteiger partial charge in [0.05, 0.1) is 10.7 Å². The minimum atomic E-state index is -0.446. The molecule has 0 saturated carbocycles. The molecule has 1 aromatic carbocycles. The van der Waals surface area contributed by atoms with Crippen LogP contribution in [0.25, 0.3) is 5.65 Å². The van der Waals surface area contributed by atoms with Gasteiger partial charge in [0.15, 0.2) is 5.65 Å². The standard InChI is InChI=1S/C19H20ClFN4O/c1-13-9-18-23-11-15(12-25(18)24-13)3-2-8-22-19(26)7-5-14-4-6-17(21)16(20)10-14/h4,6,9-12H,2-3,5,7-8H2,1H3,(H,22,26). The van der Waals surface area contributed by atoms with E-state index < -0.39 is 5.82 Å². The molecule has 0 bridgehead atoms. The number of amides is 1. The zero-order valence-corrected chi connectivity index (χ0v) is 15.3. The number of rotatable bonds is 7. The highest BCUT2D eigenvalue weighted by Crippen LogP contribution is 2.17. The molecule has 0 atom stereocenters. The quantitative estimate of drug-likeness (QED) is 0.644. The van der Waals surface area contributed by atoms with Crippen LogP contribution in [0.4, 0.5) is 4.39 Å². The van der Waals surface area contributed by atoms with Crippen molar-refractivity contribution in [3.63, 3.8) is 0 Å². The van der Waals surface area contributed by atoms with Crippen molar-refractivity contribution >= 4 is 23.2 Å². The highest BCUT2D eigenvalue weighted by molar-refractivity contribution is 6.30. The third-order valence-corrected chi connectivity index (χ3v) is 4.37. The Bertz CT molecular complexity index is 925. The molecule has 0 radical (unpaired) electrons. The van der Waals surface area contributed by atoms with Crippen LogP contribution < -0.4 is 5.32 Å². The van der Waals surface area contributed by atoms with Crippen LogP contribution >= 0.6 is 11.6 Å². The lowest BCUT2D eigenvalue weighted by atomic mass is 10.1. The van der Waals surface area contributed by atoms with Crippen molar-refractivity contribution in [1.29, 1.82) is 0 Å². The van der Waals surface area contributed by atoms with Crippen molar-refractivity contribution in [3.05, 3.63) is 64.3 Å². The SMILES string of the molecule is Cc1cc2ncc(CCCNC(=O)CCc3ccc(F)c(Cl)c3)cn2n1. The van der Waals surface area contributed by atoms with E-state index in [9.17, 15) is 9.18 Å². The summed E-state index contributed by atoms with van der Waals surface area (Å²) in [5.74, 6) is -0.473. The number of fused-ring (bicyclic) bond motifs is 1. The molecule has 0 aliphatic carbocycles. The van der Waals surface area contributed by atoms with Crippen molar-refractivity contribution in [3.8, 4) is 0 Å². The van der Waals surface area contributed by atoms with E-state index in [1.807, 2.05) is 25.4 Å². The summed E-state index contributed by atoms with van der Waals surface area (Å²) in [6.07, 6.45) is 6.33. The Morgan fingerprint density at radius 3 is 2.92 bits per heavy atom. The first-order valence-electron chi connectivity index (χ1n) is 8.53. The molecule has 0 aliphatic heterocycles. The molecule has 5 nitrogen and oxygen atoms in total. The first-order chi connectivity index (χ1) is 12.5. The maximum atomic E-state index is 13.1. The van der Waals surface area contributed by atoms with Gasteiger partial charge in [-0.15, -0.1) is 0 Å². The van der Waals surface area contributed by atoms with Crippen LogP contribution in [0, 0.1) is 12.7 Å². The van der Waals surface area contributed by atoms with E-state index in [0.29, 0.717) is 19.4 Å². The maximum Gasteiger partial charge on any atom is 0.220 e. The van der Waals surface area contributed by atoms with Crippen LogP contribution in [0.2, 0.25) is 5.02 Å². The van der Waals surface area contributed by atoms with Gasteiger partial charge in [0.1, 0.15) is 5.82 Å². The second-order valence-electron chi connectivity index (χ2n) is 6.25. The third-order valence-electron chi connectivity index (χ3n) is 4.08. The molecule has 26 heavy (non-hydrogen) atoms. The van der Waals surface area contributed by atoms with Crippen LogP contribution in [0.15, 0.2) is 36.7 Å². The van der Waals surface area contributed by atoms with E-state index in [2.05, 4.69) is 15.4 Å². The molecule has 1 amide bonds. The predicted octanol–water partition coefficient (Wildman–Crippen LogP) is 3.51. The van der Waals surface area contributed by atoms with E-state index in [0.717, 1.165) is 35.3 Å². The van der Waals surface area contributed by atoms with Gasteiger partial charge in [0, 0.05) is 31.4 Å². The number of hydrogen-bond acceptors (Lipinski definition) is 3. The summed E-state index contributed by atoms with van der Waals surface area (Å²) in [6.45, 7) is 2.53. The fraction of sp³-hybridized carbons (Fsp3) is 0.316. The average molecular weight is 375 g/mol. The predicted molar refractivity (Wildman–Crippen MR) is 98.8 cm³/mol. The number of carbonyl (C=O) groups excluding carboxylic acids is 1. The molecule has 0 fully saturated rings. The van der Waals surface area contributed by atoms with E-state index >= 15 is 0 Å². The lowest BCUT2D eigenvalue weighted by Crippen LogP contribution is -2.25. The van der Waals surface area contributed by atoms with Gasteiger partial charge in [-0.05, 0) is 49.4 Å². The van der Waals surface area contributed by atoms with Crippen molar-refractivity contribution in [1.82, 2.24) is 19.9 Å². The molecule has 136 valence electrons. The number of aromatic nitrogens is 3. The maximum absolute atomic E-state index is 13.1. The van der Waals surface area contributed by atoms with Gasteiger partial charge in [-0.3, -0.25) is 4.79 Å². The molecule has 0 unspecified atom stereocenters. The molecule has 0 spiro atoms. The minimum absolute atomic E-state index is 0.0262. The van der Waals surface area contributed by atoms with Gasteiger partial charge in [0.25, 0.3) is 0 Å². The smallest absolute Gasteiger partial charge is 0.220 e. The average Bonchev–Trinajstić information content (AvgIpc) is 2.99. The number of hydrogen-bond donors (Lipinski definition) is 1. The molecule has 7 heteroatoms. The second kappa shape index (κ2) is 8.27. The summed E-state index contributed by atoms with van der Waals surface area (Å²) in [5.41, 5.74) is 3.70. The van der Waals surface area contributed by atoms with Crippen LogP contribution in [-0.2, 0) is 17.6 Å². The summed E-state index contributed by atoms with van der Waals surface area (Å²) < 4.78 is 14.9. The molecule has 2 heterocycles. The third kappa shape index (κ3) is 4.79. The number of nitrogens with zero attached hydrogens (tertiary/aromatic N) is 3. The minimum Gasteiger partial charge on any atom is -0.356 e. The van der Waals surface area contributed by atoms with Crippen LogP contribution in [-0.4, -0.2) is 27.0 Å². The molecule has 1 N–H and O–H groups in total. The number of nitrogens with one attached hydrogen (secondary N) is 1. The molecular weight excluding hydrogens is 355 g/mol. The second-order valence-corrected chi connectivity index (χ2v) is 6.66. The van der Waals surface area contributed by atoms with Crippen LogP contribution in [0.1, 0.15) is 29.7 Å². The monoisotopic (exact) mass is 374 g/mol. The lowest BCUT2D eigenvalue weighted by molar-refractivity contribution is -0.121. The fourth-order valence-electron chi connectivity index (χ4n) is 2.72. The summed E-state index contributed by atoms with van der Waals surface area (Å²) in [4.78, 5) is 16.3.